The maximum Gasteiger partial charge on any atom is 0.258 e. The molecule has 2 aromatic rings. The third-order valence-corrected chi connectivity index (χ3v) is 5.13. The highest BCUT2D eigenvalue weighted by atomic mass is 19.1. The van der Waals surface area contributed by atoms with E-state index in [4.69, 9.17) is 0 Å². The first-order chi connectivity index (χ1) is 14.5. The fourth-order valence-corrected chi connectivity index (χ4v) is 3.42. The van der Waals surface area contributed by atoms with Gasteiger partial charge in [-0.15, -0.1) is 0 Å². The molecule has 0 radical (unpaired) electrons. The van der Waals surface area contributed by atoms with Crippen molar-refractivity contribution in [3.63, 3.8) is 0 Å². The summed E-state index contributed by atoms with van der Waals surface area (Å²) < 4.78 is 13.9. The Morgan fingerprint density at radius 3 is 2.63 bits per heavy atom. The van der Waals surface area contributed by atoms with Gasteiger partial charge in [-0.25, -0.2) is 9.37 Å². The van der Waals surface area contributed by atoms with E-state index in [2.05, 4.69) is 28.7 Å². The Hall–Kier alpha value is -3.47. The molecule has 1 aromatic carbocycles. The number of carbonyl (C=O) groups is 1. The molecule has 0 unspecified atom stereocenters. The van der Waals surface area contributed by atoms with Crippen LogP contribution in [0.4, 0.5) is 15.9 Å². The monoisotopic (exact) mass is 403 g/mol. The number of amides is 1. The largest absolute Gasteiger partial charge is 0.352 e. The summed E-state index contributed by atoms with van der Waals surface area (Å²) in [7, 11) is 0. The van der Waals surface area contributed by atoms with Crippen molar-refractivity contribution >= 4 is 23.0 Å². The van der Waals surface area contributed by atoms with E-state index in [1.807, 2.05) is 48.7 Å². The minimum absolute atomic E-state index is 0.0478. The molecule has 1 aliphatic rings. The minimum Gasteiger partial charge on any atom is -0.352 e. The summed E-state index contributed by atoms with van der Waals surface area (Å²) in [6.45, 7) is 8.97. The van der Waals surface area contributed by atoms with Crippen LogP contribution < -0.4 is 10.2 Å². The maximum absolute atomic E-state index is 13.9. The maximum atomic E-state index is 13.9. The Labute approximate surface area is 177 Å². The lowest BCUT2D eigenvalue weighted by molar-refractivity contribution is -0.112. The molecule has 0 saturated carbocycles. The molecule has 0 bridgehead atoms. The van der Waals surface area contributed by atoms with Crippen LogP contribution in [0.15, 0.2) is 90.4 Å². The van der Waals surface area contributed by atoms with E-state index in [-0.39, 0.29) is 5.57 Å². The van der Waals surface area contributed by atoms with Gasteiger partial charge < -0.3 is 10.2 Å². The molecule has 1 N–H and O–H groups in total. The Kier molecular flexibility index (Phi) is 6.96. The van der Waals surface area contributed by atoms with E-state index in [9.17, 15) is 9.18 Å². The first kappa shape index (κ1) is 21.2. The number of benzene rings is 1. The van der Waals surface area contributed by atoms with Crippen molar-refractivity contribution in [2.75, 3.05) is 23.3 Å². The summed E-state index contributed by atoms with van der Waals surface area (Å²) in [5.41, 5.74) is 4.28. The van der Waals surface area contributed by atoms with Gasteiger partial charge in [0.05, 0.1) is 5.57 Å². The van der Waals surface area contributed by atoms with Gasteiger partial charge in [0.1, 0.15) is 11.6 Å². The first-order valence-corrected chi connectivity index (χ1v) is 9.94. The fraction of sp³-hybridized carbons (Fsp3) is 0.200. The van der Waals surface area contributed by atoms with Gasteiger partial charge in [0.25, 0.3) is 5.91 Å². The van der Waals surface area contributed by atoms with E-state index in [1.54, 1.807) is 6.92 Å². The van der Waals surface area contributed by atoms with Crippen LogP contribution in [0.1, 0.15) is 25.8 Å². The smallest absolute Gasteiger partial charge is 0.258 e. The van der Waals surface area contributed by atoms with E-state index >= 15 is 0 Å². The summed E-state index contributed by atoms with van der Waals surface area (Å²) in [5.74, 6) is -0.117. The van der Waals surface area contributed by atoms with Crippen molar-refractivity contribution in [2.45, 2.75) is 20.3 Å². The van der Waals surface area contributed by atoms with Crippen LogP contribution in [-0.4, -0.2) is 24.0 Å². The summed E-state index contributed by atoms with van der Waals surface area (Å²) in [4.78, 5) is 19.1. The average Bonchev–Trinajstić information content (AvgIpc) is 2.78. The number of allylic oxidation sites excluding steroid dienone is 3. The van der Waals surface area contributed by atoms with Crippen molar-refractivity contribution in [1.82, 2.24) is 4.98 Å². The highest BCUT2D eigenvalue weighted by Gasteiger charge is 2.19. The number of aromatic nitrogens is 1. The number of rotatable bonds is 6. The molecule has 2 heterocycles. The van der Waals surface area contributed by atoms with Crippen molar-refractivity contribution in [3.05, 3.63) is 96.0 Å². The highest BCUT2D eigenvalue weighted by Crippen LogP contribution is 2.29. The molecule has 5 heteroatoms. The van der Waals surface area contributed by atoms with Crippen LogP contribution in [0.3, 0.4) is 0 Å². The summed E-state index contributed by atoms with van der Waals surface area (Å²) in [5, 5.41) is 2.75. The molecule has 3 rings (SSSR count). The van der Waals surface area contributed by atoms with Crippen molar-refractivity contribution in [1.29, 1.82) is 0 Å². The topological polar surface area (TPSA) is 45.2 Å². The normalized spacial score (nSPS) is 15.2. The van der Waals surface area contributed by atoms with Gasteiger partial charge in [-0.1, -0.05) is 42.5 Å². The van der Waals surface area contributed by atoms with E-state index < -0.39 is 11.7 Å². The van der Waals surface area contributed by atoms with Gasteiger partial charge in [-0.05, 0) is 61.7 Å². The Morgan fingerprint density at radius 1 is 1.23 bits per heavy atom. The van der Waals surface area contributed by atoms with Gasteiger partial charge in [-0.2, -0.15) is 0 Å². The summed E-state index contributed by atoms with van der Waals surface area (Å²) in [6.07, 6.45) is 6.80. The predicted octanol–water partition coefficient (Wildman–Crippen LogP) is 5.69. The quantitative estimate of drug-likeness (QED) is 0.498. The minimum atomic E-state index is -0.582. The number of carbonyl (C=O) groups excluding carboxylic acids is 1. The highest BCUT2D eigenvalue weighted by molar-refractivity contribution is 6.06. The molecule has 0 spiro atoms. The number of anilines is 2. The molecule has 1 aromatic heterocycles. The molecule has 0 saturated heterocycles. The Morgan fingerprint density at radius 2 is 2.00 bits per heavy atom. The van der Waals surface area contributed by atoms with Gasteiger partial charge in [0.15, 0.2) is 0 Å². The number of pyridine rings is 1. The molecule has 4 nitrogen and oxygen atoms in total. The molecule has 30 heavy (non-hydrogen) atoms. The van der Waals surface area contributed by atoms with Crippen LogP contribution >= 0.6 is 0 Å². The number of hydrogen-bond donors (Lipinski definition) is 1. The predicted molar refractivity (Wildman–Crippen MR) is 122 cm³/mol. The molecule has 0 atom stereocenters. The van der Waals surface area contributed by atoms with Crippen LogP contribution in [0.5, 0.6) is 0 Å². The molecule has 154 valence electrons. The molecule has 1 aliphatic heterocycles. The Balaban J connectivity index is 1.75. The summed E-state index contributed by atoms with van der Waals surface area (Å²) >= 11 is 0. The molecular weight excluding hydrogens is 377 g/mol. The lowest BCUT2D eigenvalue weighted by Crippen LogP contribution is -2.31. The third kappa shape index (κ3) is 4.92. The lowest BCUT2D eigenvalue weighted by Gasteiger charge is -2.31. The van der Waals surface area contributed by atoms with Gasteiger partial charge in [0.2, 0.25) is 0 Å². The lowest BCUT2D eigenvalue weighted by atomic mass is 9.94. The van der Waals surface area contributed by atoms with Gasteiger partial charge >= 0.3 is 0 Å². The molecular formula is C25H26FN3O. The number of nitrogens with one attached hydrogen (secondary N) is 1. The van der Waals surface area contributed by atoms with Crippen LogP contribution in [0.25, 0.3) is 5.57 Å². The van der Waals surface area contributed by atoms with E-state index in [0.717, 1.165) is 30.9 Å². The zero-order chi connectivity index (χ0) is 21.5. The van der Waals surface area contributed by atoms with E-state index in [0.29, 0.717) is 5.69 Å². The van der Waals surface area contributed by atoms with Crippen LogP contribution in [0.2, 0.25) is 0 Å². The summed E-state index contributed by atoms with van der Waals surface area (Å²) in [6, 6.07) is 13.6. The molecule has 1 amide bonds. The number of hydrogen-bond acceptors (Lipinski definition) is 3. The first-order valence-electron chi connectivity index (χ1n) is 9.94. The third-order valence-electron chi connectivity index (χ3n) is 5.13. The van der Waals surface area contributed by atoms with Crippen molar-refractivity contribution in [3.8, 4) is 0 Å². The average molecular weight is 404 g/mol. The zero-order valence-electron chi connectivity index (χ0n) is 17.4. The number of nitrogens with zero attached hydrogens (tertiary/aromatic N) is 2. The van der Waals surface area contributed by atoms with Crippen LogP contribution in [-0.2, 0) is 4.79 Å². The SMILES string of the molecule is C=C/C=C(C(=O)Nc1ccc(C2=C(C)CCN(c3ccccn3)C2)cc1)\C(F)=C/C. The van der Waals surface area contributed by atoms with Crippen molar-refractivity contribution < 1.29 is 9.18 Å². The van der Waals surface area contributed by atoms with E-state index in [1.165, 1.54) is 29.4 Å². The second kappa shape index (κ2) is 9.83. The van der Waals surface area contributed by atoms with Crippen molar-refractivity contribution in [2.24, 2.45) is 0 Å². The Bertz CT molecular complexity index is 1000. The zero-order valence-corrected chi connectivity index (χ0v) is 17.4. The van der Waals surface area contributed by atoms with Gasteiger partial charge in [0, 0.05) is 25.0 Å². The number of halogens is 1. The fourth-order valence-electron chi connectivity index (χ4n) is 3.42. The molecule has 0 aliphatic carbocycles. The van der Waals surface area contributed by atoms with Crippen LogP contribution in [0, 0.1) is 0 Å². The molecule has 0 fully saturated rings. The van der Waals surface area contributed by atoms with Gasteiger partial charge in [-0.3, -0.25) is 4.79 Å². The standard InChI is InChI=1S/C25H26FN3O/c1-4-8-21(23(26)5-2)25(30)28-20-12-10-19(11-13-20)22-17-29(16-14-18(22)3)24-9-6-7-15-27-24/h4-13,15H,1,14,16-17H2,2-3H3,(H,28,30)/b21-8+,23-5+. The second-order valence-electron chi connectivity index (χ2n) is 7.10. The second-order valence-corrected chi connectivity index (χ2v) is 7.10.